The second-order valence-corrected chi connectivity index (χ2v) is 11.3. The summed E-state index contributed by atoms with van der Waals surface area (Å²) in [4.78, 5) is 37.3. The van der Waals surface area contributed by atoms with Gasteiger partial charge in [-0.3, -0.25) is 4.79 Å². The highest BCUT2D eigenvalue weighted by atomic mass is 127. The third-order valence-electron chi connectivity index (χ3n) is 6.60. The van der Waals surface area contributed by atoms with Crippen LogP contribution in [0.2, 0.25) is 5.02 Å². The van der Waals surface area contributed by atoms with Crippen LogP contribution in [0.1, 0.15) is 36.6 Å². The molecule has 0 radical (unpaired) electrons. The van der Waals surface area contributed by atoms with Crippen LogP contribution in [0, 0.1) is 3.57 Å². The van der Waals surface area contributed by atoms with Crippen molar-refractivity contribution in [2.24, 2.45) is 5.10 Å². The predicted octanol–water partition coefficient (Wildman–Crippen LogP) is 5.26. The molecule has 1 aliphatic rings. The van der Waals surface area contributed by atoms with E-state index in [2.05, 4.69) is 43.8 Å². The van der Waals surface area contributed by atoms with E-state index in [-0.39, 0.29) is 24.5 Å². The van der Waals surface area contributed by atoms with Crippen LogP contribution in [0.4, 0.5) is 4.79 Å². The number of halogens is 2. The topological polar surface area (TPSA) is 146 Å². The van der Waals surface area contributed by atoms with Crippen molar-refractivity contribution in [1.29, 1.82) is 0 Å². The number of hydrazone groups is 1. The number of hydrogen-bond donors (Lipinski definition) is 3. The summed E-state index contributed by atoms with van der Waals surface area (Å²) >= 11 is 8.10. The van der Waals surface area contributed by atoms with Crippen LogP contribution in [0.15, 0.2) is 71.0 Å². The Kier molecular flexibility index (Phi) is 12.1. The molecule has 0 saturated heterocycles. The van der Waals surface area contributed by atoms with Crippen molar-refractivity contribution in [3.63, 3.8) is 0 Å². The summed E-state index contributed by atoms with van der Waals surface area (Å²) in [5, 5.41) is 10.0. The molecule has 46 heavy (non-hydrogen) atoms. The normalized spacial score (nSPS) is 14.3. The van der Waals surface area contributed by atoms with Crippen molar-refractivity contribution in [2.45, 2.75) is 26.5 Å². The van der Waals surface area contributed by atoms with Crippen molar-refractivity contribution >= 4 is 58.3 Å². The third kappa shape index (κ3) is 8.81. The lowest BCUT2D eigenvalue weighted by Crippen LogP contribution is -2.45. The van der Waals surface area contributed by atoms with Gasteiger partial charge in [0.1, 0.15) is 6.61 Å². The number of hydrogen-bond acceptors (Lipinski definition) is 9. The van der Waals surface area contributed by atoms with E-state index in [1.54, 1.807) is 57.4 Å². The van der Waals surface area contributed by atoms with Crippen molar-refractivity contribution < 1.29 is 38.1 Å². The summed E-state index contributed by atoms with van der Waals surface area (Å²) in [5.41, 5.74) is 5.27. The minimum absolute atomic E-state index is 0.180. The molecular weight excluding hydrogens is 731 g/mol. The molecule has 242 valence electrons. The summed E-state index contributed by atoms with van der Waals surface area (Å²) in [6, 6.07) is 14.6. The first-order valence-corrected chi connectivity index (χ1v) is 15.4. The largest absolute Gasteiger partial charge is 0.493 e. The van der Waals surface area contributed by atoms with Gasteiger partial charge in [0.25, 0.3) is 5.91 Å². The number of amides is 3. The van der Waals surface area contributed by atoms with Crippen LogP contribution in [0.5, 0.6) is 23.0 Å². The Labute approximate surface area is 284 Å². The van der Waals surface area contributed by atoms with Crippen molar-refractivity contribution in [1.82, 2.24) is 16.1 Å². The monoisotopic (exact) mass is 762 g/mol. The van der Waals surface area contributed by atoms with Crippen molar-refractivity contribution in [3.8, 4) is 23.0 Å². The Morgan fingerprint density at radius 3 is 2.46 bits per heavy atom. The molecule has 0 unspecified atom stereocenters. The zero-order valence-corrected chi connectivity index (χ0v) is 28.4. The van der Waals surface area contributed by atoms with Crippen LogP contribution in [0.25, 0.3) is 0 Å². The number of methoxy groups -OCH3 is 2. The van der Waals surface area contributed by atoms with E-state index >= 15 is 0 Å². The van der Waals surface area contributed by atoms with Crippen molar-refractivity contribution in [2.75, 3.05) is 27.4 Å². The summed E-state index contributed by atoms with van der Waals surface area (Å²) in [6.45, 7) is 3.48. The quantitative estimate of drug-likeness (QED) is 0.0926. The third-order valence-corrected chi connectivity index (χ3v) is 7.65. The van der Waals surface area contributed by atoms with Gasteiger partial charge in [0.15, 0.2) is 29.6 Å². The van der Waals surface area contributed by atoms with Crippen molar-refractivity contribution in [3.05, 3.63) is 91.2 Å². The van der Waals surface area contributed by atoms with E-state index in [0.29, 0.717) is 45.7 Å². The van der Waals surface area contributed by atoms with Gasteiger partial charge in [-0.2, -0.15) is 5.10 Å². The number of esters is 1. The van der Waals surface area contributed by atoms with Gasteiger partial charge >= 0.3 is 12.0 Å². The second kappa shape index (κ2) is 16.2. The fraction of sp³-hybridized carbons (Fsp3) is 0.250. The molecule has 0 saturated carbocycles. The Bertz CT molecular complexity index is 1660. The first-order chi connectivity index (χ1) is 22.1. The average molecular weight is 763 g/mol. The van der Waals surface area contributed by atoms with Crippen LogP contribution in [-0.2, 0) is 20.9 Å². The number of benzene rings is 3. The maximum atomic E-state index is 12.6. The number of ether oxygens (including phenoxy) is 5. The minimum atomic E-state index is -0.779. The van der Waals surface area contributed by atoms with E-state index in [1.807, 2.05) is 18.2 Å². The minimum Gasteiger partial charge on any atom is -0.493 e. The van der Waals surface area contributed by atoms with E-state index < -0.39 is 23.9 Å². The van der Waals surface area contributed by atoms with Crippen LogP contribution in [-0.4, -0.2) is 51.6 Å². The highest BCUT2D eigenvalue weighted by Gasteiger charge is 2.32. The van der Waals surface area contributed by atoms with Gasteiger partial charge in [-0.25, -0.2) is 15.0 Å². The molecule has 0 aliphatic carbocycles. The van der Waals surface area contributed by atoms with E-state index in [9.17, 15) is 14.4 Å². The lowest BCUT2D eigenvalue weighted by Gasteiger charge is -2.28. The SMILES string of the molecule is CCOC(=O)C1=C(C)NC(=O)N[C@H]1c1ccc(OCC(=O)N/N=C/c2cc(I)c(OCc3ccc(Cl)cc3)c(OC)c2)c(OC)c1. The molecule has 14 heteroatoms. The Hall–Kier alpha value is -4.50. The van der Waals surface area contributed by atoms with E-state index in [1.165, 1.54) is 13.3 Å². The molecule has 12 nitrogen and oxygen atoms in total. The Morgan fingerprint density at radius 1 is 1.02 bits per heavy atom. The van der Waals surface area contributed by atoms with Gasteiger partial charge in [0, 0.05) is 10.7 Å². The molecule has 0 bridgehead atoms. The highest BCUT2D eigenvalue weighted by molar-refractivity contribution is 14.1. The van der Waals surface area contributed by atoms with Gasteiger partial charge in [0.05, 0.1) is 42.2 Å². The zero-order chi connectivity index (χ0) is 33.2. The number of carbonyl (C=O) groups excluding carboxylic acids is 3. The molecule has 0 aromatic heterocycles. The standard InChI is InChI=1S/C32H32ClIN4O8/c1-5-44-31(40)28-18(2)36-32(41)37-29(28)21-8-11-24(25(14-21)42-3)45-17-27(39)38-35-15-20-12-23(34)30(26(13-20)43-4)46-16-19-6-9-22(33)10-7-19/h6-15,29H,5,16-17H2,1-4H3,(H,38,39)(H2,36,37,41)/b35-15+/t29-/m0/s1. The first kappa shape index (κ1) is 34.4. The predicted molar refractivity (Wildman–Crippen MR) is 179 cm³/mol. The smallest absolute Gasteiger partial charge is 0.338 e. The lowest BCUT2D eigenvalue weighted by molar-refractivity contribution is -0.139. The molecular formula is C32H32ClIN4O8. The maximum Gasteiger partial charge on any atom is 0.338 e. The van der Waals surface area contributed by atoms with Gasteiger partial charge < -0.3 is 34.3 Å². The van der Waals surface area contributed by atoms with Gasteiger partial charge in [-0.05, 0) is 89.5 Å². The molecule has 1 aliphatic heterocycles. The number of nitrogens with one attached hydrogen (secondary N) is 3. The fourth-order valence-corrected chi connectivity index (χ4v) is 5.36. The van der Waals surface area contributed by atoms with Crippen LogP contribution in [0.3, 0.4) is 0 Å². The van der Waals surface area contributed by atoms with E-state index in [4.69, 9.17) is 35.3 Å². The number of rotatable bonds is 13. The molecule has 0 fully saturated rings. The molecule has 3 aromatic rings. The number of urea groups is 1. The summed E-state index contributed by atoms with van der Waals surface area (Å²) in [5.74, 6) is 0.594. The molecule has 3 aromatic carbocycles. The highest BCUT2D eigenvalue weighted by Crippen LogP contribution is 2.35. The zero-order valence-electron chi connectivity index (χ0n) is 25.4. The molecule has 3 amide bonds. The van der Waals surface area contributed by atoms with E-state index in [0.717, 1.165) is 9.13 Å². The number of nitrogens with zero attached hydrogens (tertiary/aromatic N) is 1. The average Bonchev–Trinajstić information content (AvgIpc) is 3.03. The van der Waals surface area contributed by atoms with Gasteiger partial charge in [0.2, 0.25) is 0 Å². The van der Waals surface area contributed by atoms with Crippen LogP contribution < -0.4 is 35.0 Å². The first-order valence-electron chi connectivity index (χ1n) is 14.0. The maximum absolute atomic E-state index is 12.6. The van der Waals surface area contributed by atoms with Gasteiger partial charge in [-0.15, -0.1) is 0 Å². The fourth-order valence-electron chi connectivity index (χ4n) is 4.45. The number of allylic oxidation sites excluding steroid dienone is 1. The lowest BCUT2D eigenvalue weighted by atomic mass is 9.95. The second-order valence-electron chi connectivity index (χ2n) is 9.73. The van der Waals surface area contributed by atoms with Gasteiger partial charge in [-0.1, -0.05) is 29.8 Å². The summed E-state index contributed by atoms with van der Waals surface area (Å²) in [6.07, 6.45) is 1.48. The summed E-state index contributed by atoms with van der Waals surface area (Å²) < 4.78 is 28.6. The molecule has 0 spiro atoms. The number of carbonyl (C=O) groups is 3. The molecule has 1 atom stereocenters. The molecule has 1 heterocycles. The Morgan fingerprint density at radius 2 is 1.76 bits per heavy atom. The van der Waals surface area contributed by atoms with Crippen LogP contribution >= 0.6 is 34.2 Å². The summed E-state index contributed by atoms with van der Waals surface area (Å²) in [7, 11) is 2.98. The molecule has 4 rings (SSSR count). The molecule has 3 N–H and O–H groups in total. The Balaban J connectivity index is 1.37.